The SMILES string of the molecule is CCS(=O)C1CCCC(NC(=NC)NCC2(O)CCCC2)C1. The van der Waals surface area contributed by atoms with Gasteiger partial charge in [-0.3, -0.25) is 9.20 Å². The van der Waals surface area contributed by atoms with Crippen molar-refractivity contribution < 1.29 is 9.32 Å². The maximum absolute atomic E-state index is 12.0. The number of aliphatic hydroxyl groups is 1. The van der Waals surface area contributed by atoms with E-state index in [1.807, 2.05) is 6.92 Å². The molecule has 0 radical (unpaired) electrons. The van der Waals surface area contributed by atoms with Crippen LogP contribution in [0.15, 0.2) is 4.99 Å². The van der Waals surface area contributed by atoms with Gasteiger partial charge in [0.1, 0.15) is 0 Å². The predicted molar refractivity (Wildman–Crippen MR) is 92.6 cm³/mol. The standard InChI is InChI=1S/C16H31N3O2S/c1-3-22(21)14-8-6-7-13(11-14)19-15(17-2)18-12-16(20)9-4-5-10-16/h13-14,20H,3-12H2,1-2H3,(H2,17,18,19). The van der Waals surface area contributed by atoms with Gasteiger partial charge in [0, 0.05) is 41.4 Å². The van der Waals surface area contributed by atoms with Gasteiger partial charge >= 0.3 is 0 Å². The second kappa shape index (κ2) is 8.29. The first-order chi connectivity index (χ1) is 10.6. The normalized spacial score (nSPS) is 30.0. The van der Waals surface area contributed by atoms with Crippen molar-refractivity contribution in [1.29, 1.82) is 0 Å². The molecule has 2 rings (SSSR count). The van der Waals surface area contributed by atoms with E-state index in [-0.39, 0.29) is 0 Å². The van der Waals surface area contributed by atoms with Crippen LogP contribution in [0.2, 0.25) is 0 Å². The second-order valence-electron chi connectivity index (χ2n) is 6.66. The lowest BCUT2D eigenvalue weighted by atomic mass is 9.95. The average molecular weight is 330 g/mol. The first-order valence-electron chi connectivity index (χ1n) is 8.63. The Balaban J connectivity index is 1.81. The minimum absolute atomic E-state index is 0.313. The summed E-state index contributed by atoms with van der Waals surface area (Å²) in [6.45, 7) is 2.56. The highest BCUT2D eigenvalue weighted by molar-refractivity contribution is 7.85. The number of guanidine groups is 1. The Morgan fingerprint density at radius 3 is 2.68 bits per heavy atom. The van der Waals surface area contributed by atoms with Crippen LogP contribution in [0.4, 0.5) is 0 Å². The van der Waals surface area contributed by atoms with E-state index < -0.39 is 16.4 Å². The Kier molecular flexibility index (Phi) is 6.68. The van der Waals surface area contributed by atoms with Crippen molar-refractivity contribution in [3.8, 4) is 0 Å². The third kappa shape index (κ3) is 4.95. The molecule has 128 valence electrons. The Morgan fingerprint density at radius 2 is 2.05 bits per heavy atom. The molecule has 2 aliphatic rings. The zero-order valence-corrected chi connectivity index (χ0v) is 14.8. The smallest absolute Gasteiger partial charge is 0.191 e. The zero-order valence-electron chi connectivity index (χ0n) is 13.9. The molecule has 0 aliphatic heterocycles. The molecular weight excluding hydrogens is 298 g/mol. The fraction of sp³-hybridized carbons (Fsp3) is 0.938. The van der Waals surface area contributed by atoms with E-state index in [4.69, 9.17) is 0 Å². The molecule has 3 atom stereocenters. The molecule has 0 amide bonds. The number of nitrogens with one attached hydrogen (secondary N) is 2. The van der Waals surface area contributed by atoms with E-state index in [1.165, 1.54) is 0 Å². The highest BCUT2D eigenvalue weighted by atomic mass is 32.2. The van der Waals surface area contributed by atoms with Crippen LogP contribution >= 0.6 is 0 Å². The Hall–Kier alpha value is -0.620. The largest absolute Gasteiger partial charge is 0.388 e. The maximum Gasteiger partial charge on any atom is 0.191 e. The van der Waals surface area contributed by atoms with Gasteiger partial charge < -0.3 is 15.7 Å². The summed E-state index contributed by atoms with van der Waals surface area (Å²) in [4.78, 5) is 4.27. The van der Waals surface area contributed by atoms with Crippen LogP contribution in [0.25, 0.3) is 0 Å². The summed E-state index contributed by atoms with van der Waals surface area (Å²) in [5.41, 5.74) is -0.573. The summed E-state index contributed by atoms with van der Waals surface area (Å²) in [7, 11) is 1.06. The van der Waals surface area contributed by atoms with Crippen LogP contribution in [0, 0.1) is 0 Å². The molecular formula is C16H31N3O2S. The van der Waals surface area contributed by atoms with Crippen molar-refractivity contribution in [2.45, 2.75) is 75.2 Å². The molecule has 3 unspecified atom stereocenters. The summed E-state index contributed by atoms with van der Waals surface area (Å²) in [5, 5.41) is 17.4. The molecule has 2 saturated carbocycles. The van der Waals surface area contributed by atoms with Gasteiger partial charge in [-0.05, 0) is 32.1 Å². The quantitative estimate of drug-likeness (QED) is 0.528. The number of rotatable bonds is 5. The molecule has 22 heavy (non-hydrogen) atoms. The minimum Gasteiger partial charge on any atom is -0.388 e. The lowest BCUT2D eigenvalue weighted by Gasteiger charge is -2.31. The van der Waals surface area contributed by atoms with Crippen molar-refractivity contribution in [3.63, 3.8) is 0 Å². The third-order valence-electron chi connectivity index (χ3n) is 4.97. The van der Waals surface area contributed by atoms with Crippen LogP contribution in [-0.2, 0) is 10.8 Å². The fourth-order valence-corrected chi connectivity index (χ4v) is 4.94. The molecule has 5 nitrogen and oxygen atoms in total. The first kappa shape index (κ1) is 17.7. The highest BCUT2D eigenvalue weighted by Crippen LogP contribution is 2.28. The zero-order chi connectivity index (χ0) is 16.0. The van der Waals surface area contributed by atoms with Gasteiger partial charge in [-0.2, -0.15) is 0 Å². The molecule has 6 heteroatoms. The fourth-order valence-electron chi connectivity index (χ4n) is 3.60. The van der Waals surface area contributed by atoms with Crippen LogP contribution in [0.1, 0.15) is 58.3 Å². The molecule has 0 bridgehead atoms. The van der Waals surface area contributed by atoms with Crippen LogP contribution in [-0.4, -0.2) is 51.5 Å². The summed E-state index contributed by atoms with van der Waals surface area (Å²) < 4.78 is 12.0. The Morgan fingerprint density at radius 1 is 1.32 bits per heavy atom. The van der Waals surface area contributed by atoms with Crippen molar-refractivity contribution >= 4 is 16.8 Å². The first-order valence-corrected chi connectivity index (χ1v) is 10.0. The van der Waals surface area contributed by atoms with Gasteiger partial charge in [-0.15, -0.1) is 0 Å². The third-order valence-corrected chi connectivity index (χ3v) is 6.71. The van der Waals surface area contributed by atoms with Gasteiger partial charge in [0.2, 0.25) is 0 Å². The van der Waals surface area contributed by atoms with Crippen LogP contribution in [0.3, 0.4) is 0 Å². The molecule has 0 heterocycles. The van der Waals surface area contributed by atoms with E-state index in [0.29, 0.717) is 17.8 Å². The molecule has 2 fully saturated rings. The summed E-state index contributed by atoms with van der Waals surface area (Å²) >= 11 is 0. The van der Waals surface area contributed by atoms with Crippen molar-refractivity contribution in [1.82, 2.24) is 10.6 Å². The summed E-state index contributed by atoms with van der Waals surface area (Å²) in [6, 6.07) is 0.332. The molecule has 0 spiro atoms. The Bertz CT molecular complexity index is 408. The van der Waals surface area contributed by atoms with Crippen LogP contribution < -0.4 is 10.6 Å². The van der Waals surface area contributed by atoms with E-state index in [9.17, 15) is 9.32 Å². The molecule has 0 aromatic heterocycles. The highest BCUT2D eigenvalue weighted by Gasteiger charge is 2.31. The van der Waals surface area contributed by atoms with Gasteiger partial charge in [0.15, 0.2) is 5.96 Å². The molecule has 2 aliphatic carbocycles. The van der Waals surface area contributed by atoms with Gasteiger partial charge in [-0.1, -0.05) is 26.2 Å². The lowest BCUT2D eigenvalue weighted by molar-refractivity contribution is 0.0521. The molecule has 0 saturated heterocycles. The number of aliphatic imine (C=N–C) groups is 1. The van der Waals surface area contributed by atoms with Gasteiger partial charge in [0.25, 0.3) is 0 Å². The number of hydrogen-bond donors (Lipinski definition) is 3. The average Bonchev–Trinajstić information content (AvgIpc) is 2.98. The topological polar surface area (TPSA) is 73.7 Å². The number of hydrogen-bond acceptors (Lipinski definition) is 3. The van der Waals surface area contributed by atoms with Crippen molar-refractivity contribution in [2.75, 3.05) is 19.3 Å². The minimum atomic E-state index is -0.704. The maximum atomic E-state index is 12.0. The van der Waals surface area contributed by atoms with E-state index in [0.717, 1.165) is 63.1 Å². The summed E-state index contributed by atoms with van der Waals surface area (Å²) in [5.74, 6) is 1.51. The van der Waals surface area contributed by atoms with Crippen molar-refractivity contribution in [2.24, 2.45) is 4.99 Å². The van der Waals surface area contributed by atoms with Crippen LogP contribution in [0.5, 0.6) is 0 Å². The molecule has 0 aromatic rings. The van der Waals surface area contributed by atoms with Gasteiger partial charge in [0.05, 0.1) is 5.60 Å². The van der Waals surface area contributed by atoms with E-state index in [1.54, 1.807) is 7.05 Å². The number of nitrogens with zero attached hydrogens (tertiary/aromatic N) is 1. The summed E-state index contributed by atoms with van der Waals surface area (Å²) in [6.07, 6.45) is 8.21. The molecule has 0 aromatic carbocycles. The monoisotopic (exact) mass is 329 g/mol. The van der Waals surface area contributed by atoms with E-state index >= 15 is 0 Å². The van der Waals surface area contributed by atoms with E-state index in [2.05, 4.69) is 15.6 Å². The lowest BCUT2D eigenvalue weighted by Crippen LogP contribution is -2.50. The van der Waals surface area contributed by atoms with Gasteiger partial charge in [-0.25, -0.2) is 0 Å². The molecule has 3 N–H and O–H groups in total. The predicted octanol–water partition coefficient (Wildman–Crippen LogP) is 1.54. The second-order valence-corrected chi connectivity index (χ2v) is 8.66. The van der Waals surface area contributed by atoms with Crippen molar-refractivity contribution in [3.05, 3.63) is 0 Å². The Labute approximate surface area is 136 Å².